The minimum atomic E-state index is -1.18. The number of carbonyl (C=O) groups is 2. The fourth-order valence-electron chi connectivity index (χ4n) is 1.45. The largest absolute Gasteiger partial charge is 0.494 e. The molecular formula is C13H12FNO4. The van der Waals surface area contributed by atoms with Crippen LogP contribution < -0.4 is 4.74 Å². The van der Waals surface area contributed by atoms with Crippen LogP contribution in [0.3, 0.4) is 0 Å². The molecule has 0 aliphatic rings. The Kier molecular flexibility index (Phi) is 4.89. The highest BCUT2D eigenvalue weighted by atomic mass is 19.1. The number of aliphatic carboxylic acids is 1. The summed E-state index contributed by atoms with van der Waals surface area (Å²) >= 11 is 0. The zero-order valence-electron chi connectivity index (χ0n) is 10.2. The van der Waals surface area contributed by atoms with Crippen molar-refractivity contribution < 1.29 is 23.8 Å². The maximum absolute atomic E-state index is 13.2. The highest BCUT2D eigenvalue weighted by molar-refractivity contribution is 5.96. The van der Waals surface area contributed by atoms with Gasteiger partial charge in [0.05, 0.1) is 13.7 Å². The summed E-state index contributed by atoms with van der Waals surface area (Å²) in [5.41, 5.74) is 0.106. The molecule has 0 atom stereocenters. The Morgan fingerprint density at radius 3 is 2.74 bits per heavy atom. The molecule has 1 amide bonds. The van der Waals surface area contributed by atoms with E-state index in [2.05, 4.69) is 5.92 Å². The number of methoxy groups -OCH3 is 1. The number of carboxylic acids is 1. The van der Waals surface area contributed by atoms with Crippen LogP contribution in [0.1, 0.15) is 10.4 Å². The van der Waals surface area contributed by atoms with Crippen molar-refractivity contribution >= 4 is 11.9 Å². The second-order valence-corrected chi connectivity index (χ2v) is 3.61. The van der Waals surface area contributed by atoms with Gasteiger partial charge in [-0.05, 0) is 18.2 Å². The van der Waals surface area contributed by atoms with E-state index in [1.54, 1.807) is 0 Å². The predicted molar refractivity (Wildman–Crippen MR) is 65.3 cm³/mol. The SMILES string of the molecule is C#CCN(CC(=O)O)C(=O)c1ccc(F)c(OC)c1. The van der Waals surface area contributed by atoms with E-state index in [-0.39, 0.29) is 17.9 Å². The molecule has 1 aromatic rings. The number of amides is 1. The van der Waals surface area contributed by atoms with Gasteiger partial charge >= 0.3 is 5.97 Å². The Bertz CT molecular complexity index is 536. The Labute approximate surface area is 109 Å². The molecule has 0 aliphatic carbocycles. The second-order valence-electron chi connectivity index (χ2n) is 3.61. The van der Waals surface area contributed by atoms with E-state index in [1.165, 1.54) is 19.2 Å². The predicted octanol–water partition coefficient (Wildman–Crippen LogP) is 0.994. The number of ether oxygens (including phenoxy) is 1. The molecule has 0 aliphatic heterocycles. The summed E-state index contributed by atoms with van der Waals surface area (Å²) in [5.74, 6) is -0.287. The van der Waals surface area contributed by atoms with Crippen molar-refractivity contribution in [3.63, 3.8) is 0 Å². The molecule has 0 radical (unpaired) electrons. The molecule has 0 fully saturated rings. The summed E-state index contributed by atoms with van der Waals surface area (Å²) in [7, 11) is 1.27. The summed E-state index contributed by atoms with van der Waals surface area (Å²) in [4.78, 5) is 23.7. The highest BCUT2D eigenvalue weighted by Gasteiger charge is 2.19. The van der Waals surface area contributed by atoms with Gasteiger partial charge in [-0.2, -0.15) is 0 Å². The number of rotatable bonds is 5. The molecule has 1 aromatic carbocycles. The van der Waals surface area contributed by atoms with Crippen molar-refractivity contribution in [1.82, 2.24) is 4.90 Å². The molecular weight excluding hydrogens is 253 g/mol. The van der Waals surface area contributed by atoms with Gasteiger partial charge < -0.3 is 14.7 Å². The lowest BCUT2D eigenvalue weighted by molar-refractivity contribution is -0.137. The van der Waals surface area contributed by atoms with Crippen molar-refractivity contribution in [2.75, 3.05) is 20.2 Å². The zero-order valence-corrected chi connectivity index (χ0v) is 10.2. The minimum Gasteiger partial charge on any atom is -0.494 e. The van der Waals surface area contributed by atoms with Crippen LogP contribution >= 0.6 is 0 Å². The van der Waals surface area contributed by atoms with Gasteiger partial charge in [0.25, 0.3) is 5.91 Å². The maximum Gasteiger partial charge on any atom is 0.323 e. The Morgan fingerprint density at radius 1 is 1.53 bits per heavy atom. The van der Waals surface area contributed by atoms with Crippen LogP contribution in [0.25, 0.3) is 0 Å². The van der Waals surface area contributed by atoms with Gasteiger partial charge in [-0.1, -0.05) is 5.92 Å². The molecule has 19 heavy (non-hydrogen) atoms. The van der Waals surface area contributed by atoms with E-state index < -0.39 is 24.2 Å². The summed E-state index contributed by atoms with van der Waals surface area (Å²) in [6.07, 6.45) is 5.08. The summed E-state index contributed by atoms with van der Waals surface area (Å²) in [6.45, 7) is -0.673. The molecule has 0 saturated carbocycles. The fraction of sp³-hybridized carbons (Fsp3) is 0.231. The monoisotopic (exact) mass is 265 g/mol. The molecule has 0 spiro atoms. The van der Waals surface area contributed by atoms with E-state index in [0.29, 0.717) is 0 Å². The third-order valence-electron chi connectivity index (χ3n) is 2.29. The minimum absolute atomic E-state index is 0.0955. The topological polar surface area (TPSA) is 66.8 Å². The lowest BCUT2D eigenvalue weighted by Gasteiger charge is -2.18. The van der Waals surface area contributed by atoms with Gasteiger partial charge in [-0.25, -0.2) is 4.39 Å². The number of hydrogen-bond acceptors (Lipinski definition) is 3. The molecule has 100 valence electrons. The van der Waals surface area contributed by atoms with Crippen LogP contribution in [-0.2, 0) is 4.79 Å². The molecule has 6 heteroatoms. The van der Waals surface area contributed by atoms with Crippen LogP contribution in [0, 0.1) is 18.2 Å². The lowest BCUT2D eigenvalue weighted by atomic mass is 10.1. The molecule has 0 unspecified atom stereocenters. The third-order valence-corrected chi connectivity index (χ3v) is 2.29. The average molecular weight is 265 g/mol. The van der Waals surface area contributed by atoms with Crippen LogP contribution in [0.4, 0.5) is 4.39 Å². The lowest BCUT2D eigenvalue weighted by Crippen LogP contribution is -2.36. The maximum atomic E-state index is 13.2. The quantitative estimate of drug-likeness (QED) is 0.806. The summed E-state index contributed by atoms with van der Waals surface area (Å²) in [6, 6.07) is 3.51. The molecule has 0 heterocycles. The smallest absolute Gasteiger partial charge is 0.323 e. The molecule has 5 nitrogen and oxygen atoms in total. The number of benzene rings is 1. The Hall–Kier alpha value is -2.55. The Morgan fingerprint density at radius 2 is 2.21 bits per heavy atom. The first kappa shape index (κ1) is 14.5. The van der Waals surface area contributed by atoms with Gasteiger partial charge in [-0.3, -0.25) is 9.59 Å². The van der Waals surface area contributed by atoms with Gasteiger partial charge in [0.1, 0.15) is 6.54 Å². The summed E-state index contributed by atoms with van der Waals surface area (Å²) < 4.78 is 18.0. The van der Waals surface area contributed by atoms with Crippen molar-refractivity contribution in [2.45, 2.75) is 0 Å². The van der Waals surface area contributed by atoms with Crippen LogP contribution in [-0.4, -0.2) is 42.1 Å². The molecule has 0 aromatic heterocycles. The number of carbonyl (C=O) groups excluding carboxylic acids is 1. The number of halogens is 1. The molecule has 0 saturated heterocycles. The van der Waals surface area contributed by atoms with Crippen LogP contribution in [0.15, 0.2) is 18.2 Å². The molecule has 0 bridgehead atoms. The van der Waals surface area contributed by atoms with Crippen molar-refractivity contribution in [1.29, 1.82) is 0 Å². The van der Waals surface area contributed by atoms with Gasteiger partial charge in [0.2, 0.25) is 0 Å². The first-order valence-corrected chi connectivity index (χ1v) is 5.27. The molecule has 1 N–H and O–H groups in total. The van der Waals surface area contributed by atoms with E-state index >= 15 is 0 Å². The van der Waals surface area contributed by atoms with Crippen molar-refractivity contribution in [3.05, 3.63) is 29.6 Å². The summed E-state index contributed by atoms with van der Waals surface area (Å²) in [5, 5.41) is 8.70. The van der Waals surface area contributed by atoms with E-state index in [0.717, 1.165) is 11.0 Å². The van der Waals surface area contributed by atoms with Crippen molar-refractivity contribution in [2.24, 2.45) is 0 Å². The van der Waals surface area contributed by atoms with E-state index in [9.17, 15) is 14.0 Å². The third kappa shape index (κ3) is 3.71. The highest BCUT2D eigenvalue weighted by Crippen LogP contribution is 2.19. The zero-order chi connectivity index (χ0) is 14.4. The van der Waals surface area contributed by atoms with Crippen LogP contribution in [0.2, 0.25) is 0 Å². The first-order valence-electron chi connectivity index (χ1n) is 5.27. The number of terminal acetylenes is 1. The fourth-order valence-corrected chi connectivity index (χ4v) is 1.45. The molecule has 1 rings (SSSR count). The first-order chi connectivity index (χ1) is 8.99. The Balaban J connectivity index is 3.02. The standard InChI is InChI=1S/C13H12FNO4/c1-3-6-15(8-12(16)17)13(18)9-4-5-10(14)11(7-9)19-2/h1,4-5,7H,6,8H2,2H3,(H,16,17). The van der Waals surface area contributed by atoms with E-state index in [1.807, 2.05) is 0 Å². The van der Waals surface area contributed by atoms with Gasteiger partial charge in [0, 0.05) is 5.56 Å². The number of nitrogens with zero attached hydrogens (tertiary/aromatic N) is 1. The number of carboxylic acid groups (broad SMARTS) is 1. The average Bonchev–Trinajstić information content (AvgIpc) is 2.37. The normalized spacial score (nSPS) is 9.53. The second kappa shape index (κ2) is 6.40. The van der Waals surface area contributed by atoms with Gasteiger partial charge in [-0.15, -0.1) is 6.42 Å². The number of hydrogen-bond donors (Lipinski definition) is 1. The van der Waals surface area contributed by atoms with E-state index in [4.69, 9.17) is 16.3 Å². The van der Waals surface area contributed by atoms with Crippen LogP contribution in [0.5, 0.6) is 5.75 Å². The van der Waals surface area contributed by atoms with Crippen molar-refractivity contribution in [3.8, 4) is 18.1 Å². The van der Waals surface area contributed by atoms with Gasteiger partial charge in [0.15, 0.2) is 11.6 Å².